The lowest BCUT2D eigenvalue weighted by atomic mass is 10.1. The Kier molecular flexibility index (Phi) is 3.70. The van der Waals surface area contributed by atoms with Gasteiger partial charge in [-0.2, -0.15) is 0 Å². The van der Waals surface area contributed by atoms with E-state index in [4.69, 9.17) is 5.73 Å². The van der Waals surface area contributed by atoms with Gasteiger partial charge in [0.25, 0.3) is 0 Å². The fourth-order valence-electron chi connectivity index (χ4n) is 1.55. The Hall–Kier alpha value is -1.19. The van der Waals surface area contributed by atoms with Gasteiger partial charge in [0.2, 0.25) is 0 Å². The molecule has 0 aliphatic rings. The van der Waals surface area contributed by atoms with Gasteiger partial charge in [-0.15, -0.1) is 11.3 Å². The molecule has 0 radical (unpaired) electrons. The minimum Gasteiger partial charge on any atom is -0.323 e. The van der Waals surface area contributed by atoms with Crippen molar-refractivity contribution in [2.45, 2.75) is 25.8 Å². The molecule has 3 heteroatoms. The number of aromatic nitrogens is 1. The third kappa shape index (κ3) is 2.90. The summed E-state index contributed by atoms with van der Waals surface area (Å²) < 4.78 is 0. The van der Waals surface area contributed by atoms with Crippen molar-refractivity contribution in [2.24, 2.45) is 5.73 Å². The molecule has 1 unspecified atom stereocenters. The minimum atomic E-state index is 0.0433. The van der Waals surface area contributed by atoms with Crippen LogP contribution in [0, 0.1) is 0 Å². The summed E-state index contributed by atoms with van der Waals surface area (Å²) in [5.41, 5.74) is 8.15. The van der Waals surface area contributed by atoms with E-state index in [0.717, 1.165) is 18.5 Å². The maximum atomic E-state index is 5.78. The number of thiazole rings is 1. The molecule has 2 aromatic rings. The van der Waals surface area contributed by atoms with Crippen LogP contribution in [-0.2, 0) is 12.8 Å². The van der Waals surface area contributed by atoms with Gasteiger partial charge in [-0.1, -0.05) is 30.3 Å². The first-order valence-corrected chi connectivity index (χ1v) is 6.37. The summed E-state index contributed by atoms with van der Waals surface area (Å²) in [6, 6.07) is 10.5. The van der Waals surface area contributed by atoms with Crippen LogP contribution in [-0.4, -0.2) is 4.98 Å². The highest BCUT2D eigenvalue weighted by Crippen LogP contribution is 2.16. The molecule has 0 spiro atoms. The molecule has 1 atom stereocenters. The lowest BCUT2D eigenvalue weighted by Gasteiger charge is -1.99. The second-order valence-electron chi connectivity index (χ2n) is 3.94. The largest absolute Gasteiger partial charge is 0.323 e. The SMILES string of the molecule is CC(N)c1csc(CCc2ccccc2)n1. The monoisotopic (exact) mass is 232 g/mol. The minimum absolute atomic E-state index is 0.0433. The van der Waals surface area contributed by atoms with Crippen LogP contribution in [0.4, 0.5) is 0 Å². The highest BCUT2D eigenvalue weighted by Gasteiger charge is 2.05. The van der Waals surface area contributed by atoms with Crippen molar-refractivity contribution in [3.8, 4) is 0 Å². The molecule has 2 nitrogen and oxygen atoms in total. The van der Waals surface area contributed by atoms with Gasteiger partial charge in [-0.3, -0.25) is 0 Å². The first-order valence-electron chi connectivity index (χ1n) is 5.49. The van der Waals surface area contributed by atoms with Crippen molar-refractivity contribution >= 4 is 11.3 Å². The first-order chi connectivity index (χ1) is 7.75. The van der Waals surface area contributed by atoms with Crippen molar-refractivity contribution in [3.05, 3.63) is 52.0 Å². The standard InChI is InChI=1S/C13H16N2S/c1-10(14)12-9-16-13(15-12)8-7-11-5-3-2-4-6-11/h2-6,9-10H,7-8,14H2,1H3. The molecule has 2 rings (SSSR count). The Balaban J connectivity index is 1.95. The summed E-state index contributed by atoms with van der Waals surface area (Å²) in [5.74, 6) is 0. The Morgan fingerprint density at radius 1 is 1.25 bits per heavy atom. The summed E-state index contributed by atoms with van der Waals surface area (Å²) >= 11 is 1.71. The van der Waals surface area contributed by atoms with Crippen LogP contribution in [0.5, 0.6) is 0 Å². The van der Waals surface area contributed by atoms with Gasteiger partial charge < -0.3 is 5.73 Å². The zero-order chi connectivity index (χ0) is 11.4. The van der Waals surface area contributed by atoms with Crippen molar-refractivity contribution < 1.29 is 0 Å². The Morgan fingerprint density at radius 3 is 2.62 bits per heavy atom. The molecule has 84 valence electrons. The highest BCUT2D eigenvalue weighted by atomic mass is 32.1. The van der Waals surface area contributed by atoms with Gasteiger partial charge in [-0.25, -0.2) is 4.98 Å². The fourth-order valence-corrected chi connectivity index (χ4v) is 2.45. The van der Waals surface area contributed by atoms with Gasteiger partial charge in [0, 0.05) is 17.8 Å². The molecule has 1 aromatic heterocycles. The van der Waals surface area contributed by atoms with Crippen molar-refractivity contribution in [1.82, 2.24) is 4.98 Å². The molecule has 0 aliphatic carbocycles. The van der Waals surface area contributed by atoms with Crippen molar-refractivity contribution in [2.75, 3.05) is 0 Å². The zero-order valence-corrected chi connectivity index (χ0v) is 10.2. The average Bonchev–Trinajstić information content (AvgIpc) is 2.76. The van der Waals surface area contributed by atoms with Gasteiger partial charge in [0.1, 0.15) is 0 Å². The Morgan fingerprint density at radius 2 is 2.00 bits per heavy atom. The van der Waals surface area contributed by atoms with Crippen LogP contribution in [0.3, 0.4) is 0 Å². The zero-order valence-electron chi connectivity index (χ0n) is 9.39. The van der Waals surface area contributed by atoms with Gasteiger partial charge in [0.15, 0.2) is 0 Å². The van der Waals surface area contributed by atoms with E-state index in [1.807, 2.05) is 13.0 Å². The molecule has 0 bridgehead atoms. The number of aryl methyl sites for hydroxylation is 2. The molecule has 2 N–H and O–H groups in total. The predicted molar refractivity (Wildman–Crippen MR) is 68.6 cm³/mol. The summed E-state index contributed by atoms with van der Waals surface area (Å²) in [5, 5.41) is 3.24. The van der Waals surface area contributed by atoms with Gasteiger partial charge in [0.05, 0.1) is 10.7 Å². The Bertz CT molecular complexity index is 434. The third-order valence-corrected chi connectivity index (χ3v) is 3.43. The van der Waals surface area contributed by atoms with Crippen LogP contribution >= 0.6 is 11.3 Å². The first kappa shape index (κ1) is 11.3. The normalized spacial score (nSPS) is 12.6. The quantitative estimate of drug-likeness (QED) is 0.880. The van der Waals surface area contributed by atoms with E-state index in [1.54, 1.807) is 11.3 Å². The summed E-state index contributed by atoms with van der Waals surface area (Å²) in [6.45, 7) is 1.97. The third-order valence-electron chi connectivity index (χ3n) is 2.51. The maximum absolute atomic E-state index is 5.78. The number of hydrogen-bond donors (Lipinski definition) is 1. The maximum Gasteiger partial charge on any atom is 0.0932 e. The van der Waals surface area contributed by atoms with E-state index < -0.39 is 0 Å². The lowest BCUT2D eigenvalue weighted by Crippen LogP contribution is -2.05. The highest BCUT2D eigenvalue weighted by molar-refractivity contribution is 7.09. The second-order valence-corrected chi connectivity index (χ2v) is 4.88. The molecule has 1 heterocycles. The predicted octanol–water partition coefficient (Wildman–Crippen LogP) is 2.95. The van der Waals surface area contributed by atoms with Crippen molar-refractivity contribution in [3.63, 3.8) is 0 Å². The average molecular weight is 232 g/mol. The fraction of sp³-hybridized carbons (Fsp3) is 0.308. The topological polar surface area (TPSA) is 38.9 Å². The summed E-state index contributed by atoms with van der Waals surface area (Å²) in [4.78, 5) is 4.52. The number of rotatable bonds is 4. The summed E-state index contributed by atoms with van der Waals surface area (Å²) in [6.07, 6.45) is 2.05. The molecule has 0 saturated heterocycles. The molecular weight excluding hydrogens is 216 g/mol. The lowest BCUT2D eigenvalue weighted by molar-refractivity contribution is 0.779. The molecule has 1 aromatic carbocycles. The smallest absolute Gasteiger partial charge is 0.0932 e. The van der Waals surface area contributed by atoms with Crippen LogP contribution in [0.2, 0.25) is 0 Å². The Labute approximate surface area is 100 Å². The molecular formula is C13H16N2S. The number of nitrogens with two attached hydrogens (primary N) is 1. The molecule has 0 fully saturated rings. The van der Waals surface area contributed by atoms with Gasteiger partial charge in [-0.05, 0) is 18.9 Å². The van der Waals surface area contributed by atoms with Gasteiger partial charge >= 0.3 is 0 Å². The molecule has 0 saturated carbocycles. The van der Waals surface area contributed by atoms with Crippen molar-refractivity contribution in [1.29, 1.82) is 0 Å². The van der Waals surface area contributed by atoms with E-state index in [9.17, 15) is 0 Å². The number of benzene rings is 1. The van der Waals surface area contributed by atoms with Crippen LogP contribution in [0.25, 0.3) is 0 Å². The number of nitrogens with zero attached hydrogens (tertiary/aromatic N) is 1. The van der Waals surface area contributed by atoms with Crippen LogP contribution < -0.4 is 5.73 Å². The van der Waals surface area contributed by atoms with E-state index in [-0.39, 0.29) is 6.04 Å². The second kappa shape index (κ2) is 5.23. The van der Waals surface area contributed by atoms with E-state index in [2.05, 4.69) is 34.6 Å². The molecule has 0 amide bonds. The van der Waals surface area contributed by atoms with E-state index in [1.165, 1.54) is 10.6 Å². The van der Waals surface area contributed by atoms with E-state index in [0.29, 0.717) is 0 Å². The van der Waals surface area contributed by atoms with Crippen LogP contribution in [0.1, 0.15) is 29.2 Å². The van der Waals surface area contributed by atoms with E-state index >= 15 is 0 Å². The van der Waals surface area contributed by atoms with Crippen LogP contribution in [0.15, 0.2) is 35.7 Å². The molecule has 16 heavy (non-hydrogen) atoms. The molecule has 0 aliphatic heterocycles. The summed E-state index contributed by atoms with van der Waals surface area (Å²) in [7, 11) is 0. The number of hydrogen-bond acceptors (Lipinski definition) is 3.